The van der Waals surface area contributed by atoms with E-state index in [0.717, 1.165) is 0 Å². The molecule has 0 aliphatic heterocycles. The lowest BCUT2D eigenvalue weighted by atomic mass is 10.3. The number of alkyl halides is 3. The molecule has 1 aromatic rings. The summed E-state index contributed by atoms with van der Waals surface area (Å²) in [5.74, 6) is 0. The maximum atomic E-state index is 12.2. The van der Waals surface area contributed by atoms with E-state index in [1.165, 1.54) is 6.07 Å². The van der Waals surface area contributed by atoms with Gasteiger partial charge in [0.25, 0.3) is 6.43 Å². The van der Waals surface area contributed by atoms with E-state index in [2.05, 4.69) is 20.9 Å². The standard InChI is InChI=1S/C7H5BrClF2N/c8-3-4-1-2-5(9)6(12-4)7(10)11/h1-2,7H,3H2. The van der Waals surface area contributed by atoms with Crippen LogP contribution in [0, 0.1) is 0 Å². The van der Waals surface area contributed by atoms with Gasteiger partial charge in [-0.05, 0) is 12.1 Å². The van der Waals surface area contributed by atoms with Crippen LogP contribution in [0.25, 0.3) is 0 Å². The van der Waals surface area contributed by atoms with Gasteiger partial charge in [0.2, 0.25) is 0 Å². The normalized spacial score (nSPS) is 10.8. The van der Waals surface area contributed by atoms with Crippen molar-refractivity contribution in [2.75, 3.05) is 0 Å². The van der Waals surface area contributed by atoms with Crippen LogP contribution in [0.15, 0.2) is 12.1 Å². The molecule has 0 saturated carbocycles. The number of aromatic nitrogens is 1. The quantitative estimate of drug-likeness (QED) is 0.737. The molecule has 0 fully saturated rings. The summed E-state index contributed by atoms with van der Waals surface area (Å²) in [4.78, 5) is 3.66. The second kappa shape index (κ2) is 4.14. The van der Waals surface area contributed by atoms with Gasteiger partial charge in [-0.2, -0.15) is 0 Å². The van der Waals surface area contributed by atoms with E-state index in [9.17, 15) is 8.78 Å². The molecule has 0 aromatic carbocycles. The minimum atomic E-state index is -2.61. The third-order valence-electron chi connectivity index (χ3n) is 1.27. The highest BCUT2D eigenvalue weighted by Crippen LogP contribution is 2.25. The number of nitrogens with zero attached hydrogens (tertiary/aromatic N) is 1. The van der Waals surface area contributed by atoms with Crippen LogP contribution < -0.4 is 0 Å². The Labute approximate surface area is 81.9 Å². The van der Waals surface area contributed by atoms with Crippen LogP contribution in [0.4, 0.5) is 8.78 Å². The molecule has 0 unspecified atom stereocenters. The minimum absolute atomic E-state index is 0.00898. The maximum Gasteiger partial charge on any atom is 0.281 e. The first-order valence-electron chi connectivity index (χ1n) is 3.14. The average Bonchev–Trinajstić information content (AvgIpc) is 2.05. The van der Waals surface area contributed by atoms with Crippen LogP contribution >= 0.6 is 27.5 Å². The lowest BCUT2D eigenvalue weighted by Crippen LogP contribution is -1.94. The largest absolute Gasteiger partial charge is 0.281 e. The first-order chi connectivity index (χ1) is 5.65. The SMILES string of the molecule is FC(F)c1nc(CBr)ccc1Cl. The van der Waals surface area contributed by atoms with Gasteiger partial charge in [0, 0.05) is 5.33 Å². The molecule has 0 saturated heterocycles. The Kier molecular flexibility index (Phi) is 3.40. The molecule has 0 spiro atoms. The smallest absolute Gasteiger partial charge is 0.249 e. The van der Waals surface area contributed by atoms with Gasteiger partial charge in [0.05, 0.1) is 10.7 Å². The van der Waals surface area contributed by atoms with Crippen molar-refractivity contribution >= 4 is 27.5 Å². The third-order valence-corrected chi connectivity index (χ3v) is 2.17. The Morgan fingerprint density at radius 1 is 1.50 bits per heavy atom. The van der Waals surface area contributed by atoms with Crippen molar-refractivity contribution in [1.82, 2.24) is 4.98 Å². The number of rotatable bonds is 2. The van der Waals surface area contributed by atoms with Crippen LogP contribution in [0.3, 0.4) is 0 Å². The molecular weight excluding hydrogens is 251 g/mol. The third kappa shape index (κ3) is 2.14. The zero-order valence-electron chi connectivity index (χ0n) is 5.90. The number of hydrogen-bond donors (Lipinski definition) is 0. The monoisotopic (exact) mass is 255 g/mol. The van der Waals surface area contributed by atoms with E-state index in [1.54, 1.807) is 6.07 Å². The summed E-state index contributed by atoms with van der Waals surface area (Å²) in [7, 11) is 0. The summed E-state index contributed by atoms with van der Waals surface area (Å²) in [6, 6.07) is 3.02. The lowest BCUT2D eigenvalue weighted by molar-refractivity contribution is 0.146. The van der Waals surface area contributed by atoms with Crippen molar-refractivity contribution in [2.45, 2.75) is 11.8 Å². The molecule has 1 heterocycles. The van der Waals surface area contributed by atoms with Gasteiger partial charge >= 0.3 is 0 Å². The molecule has 1 rings (SSSR count). The van der Waals surface area contributed by atoms with Crippen molar-refractivity contribution in [1.29, 1.82) is 0 Å². The summed E-state index contributed by atoms with van der Waals surface area (Å²) >= 11 is 8.61. The molecular formula is C7H5BrClF2N. The molecule has 0 aliphatic carbocycles. The Morgan fingerprint density at radius 2 is 2.17 bits per heavy atom. The molecule has 0 radical (unpaired) electrons. The van der Waals surface area contributed by atoms with Crippen molar-refractivity contribution in [3.63, 3.8) is 0 Å². The highest BCUT2D eigenvalue weighted by atomic mass is 79.9. The molecule has 1 aromatic heterocycles. The molecule has 5 heteroatoms. The van der Waals surface area contributed by atoms with E-state index < -0.39 is 6.43 Å². The lowest BCUT2D eigenvalue weighted by Gasteiger charge is -2.02. The zero-order chi connectivity index (χ0) is 9.14. The predicted molar refractivity (Wildman–Crippen MR) is 46.8 cm³/mol. The van der Waals surface area contributed by atoms with Crippen LogP contribution in [-0.4, -0.2) is 4.98 Å². The Morgan fingerprint density at radius 3 is 2.67 bits per heavy atom. The van der Waals surface area contributed by atoms with E-state index in [1.807, 2.05) is 0 Å². The molecule has 0 N–H and O–H groups in total. The Balaban J connectivity index is 3.08. The Hall–Kier alpha value is -0.220. The van der Waals surface area contributed by atoms with E-state index in [-0.39, 0.29) is 10.7 Å². The first kappa shape index (κ1) is 9.86. The van der Waals surface area contributed by atoms with Gasteiger partial charge < -0.3 is 0 Å². The van der Waals surface area contributed by atoms with Crippen LogP contribution in [0.5, 0.6) is 0 Å². The summed E-state index contributed by atoms with van der Waals surface area (Å²) in [5.41, 5.74) is 0.198. The number of pyridine rings is 1. The van der Waals surface area contributed by atoms with Gasteiger partial charge in [-0.3, -0.25) is 0 Å². The first-order valence-corrected chi connectivity index (χ1v) is 4.64. The molecule has 0 atom stereocenters. The number of hydrogen-bond acceptors (Lipinski definition) is 1. The topological polar surface area (TPSA) is 12.9 Å². The van der Waals surface area contributed by atoms with Crippen molar-refractivity contribution < 1.29 is 8.78 Å². The van der Waals surface area contributed by atoms with Gasteiger partial charge in [-0.15, -0.1) is 0 Å². The predicted octanol–water partition coefficient (Wildman–Crippen LogP) is 3.57. The molecule has 0 amide bonds. The van der Waals surface area contributed by atoms with Crippen molar-refractivity contribution in [3.05, 3.63) is 28.5 Å². The fourth-order valence-corrected chi connectivity index (χ4v) is 1.23. The van der Waals surface area contributed by atoms with E-state index in [4.69, 9.17) is 11.6 Å². The Bertz CT molecular complexity index is 280. The summed E-state index contributed by atoms with van der Waals surface area (Å²) < 4.78 is 24.4. The van der Waals surface area contributed by atoms with Crippen molar-refractivity contribution in [2.24, 2.45) is 0 Å². The highest BCUT2D eigenvalue weighted by Gasteiger charge is 2.13. The average molecular weight is 256 g/mol. The van der Waals surface area contributed by atoms with Crippen molar-refractivity contribution in [3.8, 4) is 0 Å². The fourth-order valence-electron chi connectivity index (χ4n) is 0.728. The van der Waals surface area contributed by atoms with Crippen LogP contribution in [-0.2, 0) is 5.33 Å². The second-order valence-corrected chi connectivity index (χ2v) is 3.07. The zero-order valence-corrected chi connectivity index (χ0v) is 8.24. The molecule has 12 heavy (non-hydrogen) atoms. The van der Waals surface area contributed by atoms with Gasteiger partial charge in [-0.25, -0.2) is 13.8 Å². The van der Waals surface area contributed by atoms with E-state index >= 15 is 0 Å². The minimum Gasteiger partial charge on any atom is -0.249 e. The summed E-state index contributed by atoms with van der Waals surface area (Å²) in [6.07, 6.45) is -2.61. The highest BCUT2D eigenvalue weighted by molar-refractivity contribution is 9.08. The maximum absolute atomic E-state index is 12.2. The van der Waals surface area contributed by atoms with Crippen LogP contribution in [0.2, 0.25) is 5.02 Å². The molecule has 0 bridgehead atoms. The van der Waals surface area contributed by atoms with E-state index in [0.29, 0.717) is 11.0 Å². The molecule has 0 aliphatic rings. The van der Waals surface area contributed by atoms with Gasteiger partial charge in [-0.1, -0.05) is 27.5 Å². The number of halogens is 4. The van der Waals surface area contributed by atoms with Gasteiger partial charge in [0.1, 0.15) is 5.69 Å². The van der Waals surface area contributed by atoms with Gasteiger partial charge in [0.15, 0.2) is 0 Å². The van der Waals surface area contributed by atoms with Crippen LogP contribution in [0.1, 0.15) is 17.8 Å². The molecule has 1 nitrogen and oxygen atoms in total. The molecule has 66 valence electrons. The summed E-state index contributed by atoms with van der Waals surface area (Å²) in [6.45, 7) is 0. The second-order valence-electron chi connectivity index (χ2n) is 2.10. The fraction of sp³-hybridized carbons (Fsp3) is 0.286. The summed E-state index contributed by atoms with van der Waals surface area (Å²) in [5, 5.41) is 0.457.